The zero-order valence-electron chi connectivity index (χ0n) is 10.9. The molecule has 0 bridgehead atoms. The fraction of sp³-hybridized carbons (Fsp3) is 0.818. The topological polar surface area (TPSA) is 90.9 Å². The first kappa shape index (κ1) is 14.9. The normalized spacial score (nSPS) is 17.9. The summed E-state index contributed by atoms with van der Waals surface area (Å²) in [6, 6.07) is -0.525. The monoisotopic (exact) mass is 259 g/mol. The molecule has 0 spiro atoms. The summed E-state index contributed by atoms with van der Waals surface area (Å²) in [7, 11) is 1.53. The molecule has 1 saturated heterocycles. The zero-order valence-corrected chi connectivity index (χ0v) is 10.9. The van der Waals surface area contributed by atoms with E-state index in [2.05, 4.69) is 10.6 Å². The molecular weight excluding hydrogens is 238 g/mol. The number of aliphatic hydroxyl groups is 1. The van der Waals surface area contributed by atoms with E-state index in [9.17, 15) is 14.7 Å². The van der Waals surface area contributed by atoms with Gasteiger partial charge in [-0.2, -0.15) is 0 Å². The number of methoxy groups -OCH3 is 1. The van der Waals surface area contributed by atoms with E-state index in [-0.39, 0.29) is 12.5 Å². The zero-order chi connectivity index (χ0) is 13.6. The van der Waals surface area contributed by atoms with Crippen LogP contribution in [0.4, 0.5) is 4.79 Å². The average molecular weight is 259 g/mol. The molecule has 0 aliphatic carbocycles. The molecule has 0 atom stereocenters. The molecule has 1 rings (SSSR count). The molecule has 3 N–H and O–H groups in total. The van der Waals surface area contributed by atoms with Gasteiger partial charge in [0.05, 0.1) is 18.8 Å². The maximum atomic E-state index is 11.5. The van der Waals surface area contributed by atoms with E-state index in [0.29, 0.717) is 32.7 Å². The predicted octanol–water partition coefficient (Wildman–Crippen LogP) is -1.08. The van der Waals surface area contributed by atoms with Crippen LogP contribution in [0, 0.1) is 0 Å². The molecule has 7 heteroatoms. The van der Waals surface area contributed by atoms with Gasteiger partial charge in [0.25, 0.3) is 0 Å². The second-order valence-corrected chi connectivity index (χ2v) is 4.52. The number of ether oxygens (including phenoxy) is 1. The van der Waals surface area contributed by atoms with Crippen molar-refractivity contribution in [2.75, 3.05) is 39.9 Å². The largest absolute Gasteiger partial charge is 0.387 e. The summed E-state index contributed by atoms with van der Waals surface area (Å²) in [4.78, 5) is 24.5. The number of urea groups is 1. The lowest BCUT2D eigenvalue weighted by Gasteiger charge is -2.45. The van der Waals surface area contributed by atoms with Crippen molar-refractivity contribution in [1.82, 2.24) is 15.5 Å². The maximum absolute atomic E-state index is 11.5. The Hall–Kier alpha value is -1.18. The minimum atomic E-state index is -0.666. The Morgan fingerprint density at radius 1 is 1.44 bits per heavy atom. The van der Waals surface area contributed by atoms with E-state index in [1.54, 1.807) is 4.90 Å². The molecule has 18 heavy (non-hydrogen) atoms. The van der Waals surface area contributed by atoms with E-state index in [1.807, 2.05) is 6.92 Å². The van der Waals surface area contributed by atoms with Gasteiger partial charge in [-0.05, 0) is 6.42 Å². The van der Waals surface area contributed by atoms with Crippen LogP contribution in [0.15, 0.2) is 0 Å². The Labute approximate surface area is 106 Å². The van der Waals surface area contributed by atoms with Crippen molar-refractivity contribution < 1.29 is 19.4 Å². The maximum Gasteiger partial charge on any atom is 0.321 e. The second kappa shape index (κ2) is 6.67. The number of β-amino-alcohol motifs (C(OH)–C–C–N with tert-alkyl or cyclic N) is 1. The highest BCUT2D eigenvalue weighted by Crippen LogP contribution is 2.23. The van der Waals surface area contributed by atoms with Gasteiger partial charge in [-0.3, -0.25) is 15.0 Å². The molecule has 0 radical (unpaired) electrons. The van der Waals surface area contributed by atoms with Crippen molar-refractivity contribution in [2.24, 2.45) is 0 Å². The standard InChI is InChI=1S/C11H21N3O4/c1-3-11(17)7-14(8-11)6-9(15)13-10(16)12-4-5-18-2/h17H,3-8H2,1-2H3,(H2,12,13,15,16). The Kier molecular flexibility index (Phi) is 5.52. The minimum absolute atomic E-state index is 0.125. The third-order valence-corrected chi connectivity index (χ3v) is 2.91. The Balaban J connectivity index is 2.13. The second-order valence-electron chi connectivity index (χ2n) is 4.52. The van der Waals surface area contributed by atoms with Crippen LogP contribution < -0.4 is 10.6 Å². The van der Waals surface area contributed by atoms with Gasteiger partial charge in [-0.15, -0.1) is 0 Å². The summed E-state index contributed by atoms with van der Waals surface area (Å²) in [5.41, 5.74) is -0.666. The van der Waals surface area contributed by atoms with Crippen LogP contribution in [0.3, 0.4) is 0 Å². The smallest absolute Gasteiger partial charge is 0.321 e. The third kappa shape index (κ3) is 4.59. The van der Waals surface area contributed by atoms with Crippen LogP contribution in [-0.4, -0.2) is 67.4 Å². The van der Waals surface area contributed by atoms with Crippen LogP contribution in [0.5, 0.6) is 0 Å². The molecule has 0 saturated carbocycles. The number of carbonyl (C=O) groups excluding carboxylic acids is 2. The lowest BCUT2D eigenvalue weighted by molar-refractivity contribution is -0.132. The molecule has 1 fully saturated rings. The number of nitrogens with zero attached hydrogens (tertiary/aromatic N) is 1. The van der Waals surface area contributed by atoms with E-state index in [0.717, 1.165) is 0 Å². The van der Waals surface area contributed by atoms with Gasteiger partial charge in [0, 0.05) is 26.7 Å². The summed E-state index contributed by atoms with van der Waals surface area (Å²) < 4.78 is 4.76. The van der Waals surface area contributed by atoms with Gasteiger partial charge < -0.3 is 15.2 Å². The van der Waals surface area contributed by atoms with E-state index in [4.69, 9.17) is 4.74 Å². The van der Waals surface area contributed by atoms with Gasteiger partial charge in [-0.1, -0.05) is 6.92 Å². The highest BCUT2D eigenvalue weighted by molar-refractivity contribution is 5.95. The molecule has 1 heterocycles. The quantitative estimate of drug-likeness (QED) is 0.528. The molecule has 0 aromatic carbocycles. The molecule has 0 aromatic rings. The van der Waals surface area contributed by atoms with Gasteiger partial charge in [-0.25, -0.2) is 4.79 Å². The summed E-state index contributed by atoms with van der Waals surface area (Å²) >= 11 is 0. The van der Waals surface area contributed by atoms with Crippen molar-refractivity contribution in [3.8, 4) is 0 Å². The molecule has 1 aliphatic heterocycles. The highest BCUT2D eigenvalue weighted by atomic mass is 16.5. The van der Waals surface area contributed by atoms with Crippen molar-refractivity contribution >= 4 is 11.9 Å². The predicted molar refractivity (Wildman–Crippen MR) is 65.1 cm³/mol. The fourth-order valence-electron chi connectivity index (χ4n) is 1.80. The first-order valence-electron chi connectivity index (χ1n) is 6.00. The number of nitrogens with one attached hydrogen (secondary N) is 2. The number of hydrogen-bond donors (Lipinski definition) is 3. The number of amides is 3. The molecule has 1 aliphatic rings. The molecule has 0 unspecified atom stereocenters. The Morgan fingerprint density at radius 3 is 2.67 bits per heavy atom. The summed E-state index contributed by atoms with van der Waals surface area (Å²) in [5.74, 6) is -0.372. The Morgan fingerprint density at radius 2 is 2.11 bits per heavy atom. The average Bonchev–Trinajstić information content (AvgIpc) is 2.26. The summed E-state index contributed by atoms with van der Waals surface area (Å²) in [5, 5.41) is 14.5. The first-order valence-corrected chi connectivity index (χ1v) is 6.00. The number of hydrogen-bond acceptors (Lipinski definition) is 5. The van der Waals surface area contributed by atoms with Crippen LogP contribution in [0.1, 0.15) is 13.3 Å². The van der Waals surface area contributed by atoms with Crippen molar-refractivity contribution in [2.45, 2.75) is 18.9 Å². The minimum Gasteiger partial charge on any atom is -0.387 e. The highest BCUT2D eigenvalue weighted by Gasteiger charge is 2.39. The van der Waals surface area contributed by atoms with Crippen LogP contribution in [-0.2, 0) is 9.53 Å². The molecule has 0 aromatic heterocycles. The molecule has 3 amide bonds. The number of rotatable bonds is 6. The molecule has 104 valence electrons. The van der Waals surface area contributed by atoms with Crippen molar-refractivity contribution in [3.63, 3.8) is 0 Å². The third-order valence-electron chi connectivity index (χ3n) is 2.91. The van der Waals surface area contributed by atoms with Crippen molar-refractivity contribution in [1.29, 1.82) is 0 Å². The SMILES string of the molecule is CCC1(O)CN(CC(=O)NC(=O)NCCOC)C1. The van der Waals surface area contributed by atoms with E-state index in [1.165, 1.54) is 7.11 Å². The van der Waals surface area contributed by atoms with Gasteiger partial charge in [0.2, 0.25) is 5.91 Å². The van der Waals surface area contributed by atoms with Crippen molar-refractivity contribution in [3.05, 3.63) is 0 Å². The van der Waals surface area contributed by atoms with E-state index >= 15 is 0 Å². The number of likely N-dealkylation sites (tertiary alicyclic amines) is 1. The van der Waals surface area contributed by atoms with Gasteiger partial charge in [0.15, 0.2) is 0 Å². The molecular formula is C11H21N3O4. The lowest BCUT2D eigenvalue weighted by Crippen LogP contribution is -2.63. The molecule has 7 nitrogen and oxygen atoms in total. The van der Waals surface area contributed by atoms with Gasteiger partial charge in [0.1, 0.15) is 0 Å². The van der Waals surface area contributed by atoms with Crippen LogP contribution in [0.25, 0.3) is 0 Å². The summed E-state index contributed by atoms with van der Waals surface area (Å²) in [6.45, 7) is 3.73. The van der Waals surface area contributed by atoms with Crippen LogP contribution in [0.2, 0.25) is 0 Å². The summed E-state index contributed by atoms with van der Waals surface area (Å²) in [6.07, 6.45) is 0.669. The Bertz CT molecular complexity index is 303. The number of carbonyl (C=O) groups is 2. The number of imide groups is 1. The van der Waals surface area contributed by atoms with Gasteiger partial charge >= 0.3 is 6.03 Å². The first-order chi connectivity index (χ1) is 8.49. The fourth-order valence-corrected chi connectivity index (χ4v) is 1.80. The van der Waals surface area contributed by atoms with Crippen LogP contribution >= 0.6 is 0 Å². The lowest BCUT2D eigenvalue weighted by atomic mass is 9.91. The van der Waals surface area contributed by atoms with E-state index < -0.39 is 11.6 Å².